The van der Waals surface area contributed by atoms with E-state index in [1.807, 2.05) is 0 Å². The Labute approximate surface area is 116 Å². The Kier molecular flexibility index (Phi) is 3.78. The number of benzene rings is 1. The van der Waals surface area contributed by atoms with Gasteiger partial charge >= 0.3 is 5.97 Å². The Balaban J connectivity index is 2.42. The van der Waals surface area contributed by atoms with E-state index in [2.05, 4.69) is 5.32 Å². The number of sulfonamides is 1. The first-order chi connectivity index (χ1) is 9.34. The van der Waals surface area contributed by atoms with E-state index in [1.54, 1.807) is 0 Å². The standard InChI is InChI=1S/C12H14N2O5S/c1-8-11(15)13-5-6-14(8)20(18,19)10-4-2-3-9(7-10)12(16)17/h2-4,7-8H,5-6H2,1H3,(H,13,15)(H,16,17). The number of nitrogens with zero attached hydrogens (tertiary/aromatic N) is 1. The number of carbonyl (C=O) groups excluding carboxylic acids is 1. The Morgan fingerprint density at radius 1 is 1.45 bits per heavy atom. The minimum atomic E-state index is -3.89. The third-order valence-corrected chi connectivity index (χ3v) is 5.10. The number of carboxylic acid groups (broad SMARTS) is 1. The van der Waals surface area contributed by atoms with Crippen LogP contribution in [0.2, 0.25) is 0 Å². The molecule has 1 amide bonds. The smallest absolute Gasteiger partial charge is 0.335 e. The first kappa shape index (κ1) is 14.5. The summed E-state index contributed by atoms with van der Waals surface area (Å²) in [5.74, 6) is -1.57. The second-order valence-corrected chi connectivity index (χ2v) is 6.31. The summed E-state index contributed by atoms with van der Waals surface area (Å²) in [5, 5.41) is 11.5. The molecule has 1 atom stereocenters. The molecule has 1 fully saturated rings. The van der Waals surface area contributed by atoms with E-state index < -0.39 is 22.0 Å². The minimum Gasteiger partial charge on any atom is -0.478 e. The van der Waals surface area contributed by atoms with Gasteiger partial charge in [-0.3, -0.25) is 4.79 Å². The third-order valence-electron chi connectivity index (χ3n) is 3.13. The molecule has 0 aromatic heterocycles. The molecule has 108 valence electrons. The summed E-state index contributed by atoms with van der Waals surface area (Å²) < 4.78 is 26.0. The summed E-state index contributed by atoms with van der Waals surface area (Å²) in [4.78, 5) is 22.3. The lowest BCUT2D eigenvalue weighted by Gasteiger charge is -2.31. The van der Waals surface area contributed by atoms with Gasteiger partial charge < -0.3 is 10.4 Å². The number of hydrogen-bond donors (Lipinski definition) is 2. The number of aromatic carboxylic acids is 1. The topological polar surface area (TPSA) is 104 Å². The highest BCUT2D eigenvalue weighted by Gasteiger charge is 2.35. The van der Waals surface area contributed by atoms with Gasteiger partial charge in [0.25, 0.3) is 0 Å². The van der Waals surface area contributed by atoms with Crippen molar-refractivity contribution < 1.29 is 23.1 Å². The van der Waals surface area contributed by atoms with Crippen LogP contribution < -0.4 is 5.32 Å². The molecule has 8 heteroatoms. The van der Waals surface area contributed by atoms with Crippen LogP contribution in [0, 0.1) is 0 Å². The molecule has 0 aliphatic carbocycles. The average molecular weight is 298 g/mol. The number of nitrogens with one attached hydrogen (secondary N) is 1. The van der Waals surface area contributed by atoms with Gasteiger partial charge in [0.05, 0.1) is 10.5 Å². The number of hydrogen-bond acceptors (Lipinski definition) is 4. The van der Waals surface area contributed by atoms with Gasteiger partial charge in [0.15, 0.2) is 0 Å². The fourth-order valence-corrected chi connectivity index (χ4v) is 3.66. The van der Waals surface area contributed by atoms with Crippen molar-refractivity contribution >= 4 is 21.9 Å². The van der Waals surface area contributed by atoms with Gasteiger partial charge in [-0.2, -0.15) is 4.31 Å². The lowest BCUT2D eigenvalue weighted by Crippen LogP contribution is -2.55. The van der Waals surface area contributed by atoms with E-state index in [1.165, 1.54) is 25.1 Å². The predicted octanol–water partition coefficient (Wildman–Crippen LogP) is -0.106. The summed E-state index contributed by atoms with van der Waals surface area (Å²) >= 11 is 0. The quantitative estimate of drug-likeness (QED) is 0.810. The molecular weight excluding hydrogens is 284 g/mol. The molecule has 1 saturated heterocycles. The molecule has 1 unspecified atom stereocenters. The first-order valence-electron chi connectivity index (χ1n) is 5.97. The monoisotopic (exact) mass is 298 g/mol. The highest BCUT2D eigenvalue weighted by atomic mass is 32.2. The molecule has 1 aromatic rings. The van der Waals surface area contributed by atoms with E-state index in [-0.39, 0.29) is 29.5 Å². The van der Waals surface area contributed by atoms with Crippen LogP contribution in [0.25, 0.3) is 0 Å². The van der Waals surface area contributed by atoms with Crippen molar-refractivity contribution in [3.05, 3.63) is 29.8 Å². The lowest BCUT2D eigenvalue weighted by molar-refractivity contribution is -0.126. The van der Waals surface area contributed by atoms with Crippen molar-refractivity contribution in [2.75, 3.05) is 13.1 Å². The number of rotatable bonds is 3. The van der Waals surface area contributed by atoms with E-state index in [4.69, 9.17) is 5.11 Å². The minimum absolute atomic E-state index is 0.111. The molecule has 20 heavy (non-hydrogen) atoms. The normalized spacial score (nSPS) is 20.4. The molecule has 0 spiro atoms. The Morgan fingerprint density at radius 3 is 2.80 bits per heavy atom. The fourth-order valence-electron chi connectivity index (χ4n) is 2.01. The van der Waals surface area contributed by atoms with Gasteiger partial charge in [-0.25, -0.2) is 13.2 Å². The largest absolute Gasteiger partial charge is 0.478 e. The van der Waals surface area contributed by atoms with Gasteiger partial charge in [-0.1, -0.05) is 6.07 Å². The summed E-state index contributed by atoms with van der Waals surface area (Å²) in [5.41, 5.74) is -0.111. The predicted molar refractivity (Wildman–Crippen MR) is 69.8 cm³/mol. The van der Waals surface area contributed by atoms with Gasteiger partial charge in [-0.05, 0) is 25.1 Å². The molecule has 0 bridgehead atoms. The lowest BCUT2D eigenvalue weighted by atomic mass is 10.2. The van der Waals surface area contributed by atoms with Crippen LogP contribution in [-0.4, -0.2) is 48.8 Å². The fraction of sp³-hybridized carbons (Fsp3) is 0.333. The molecular formula is C12H14N2O5S. The molecule has 2 rings (SSSR count). The van der Waals surface area contributed by atoms with Crippen LogP contribution in [0.1, 0.15) is 17.3 Å². The molecule has 2 N–H and O–H groups in total. The zero-order valence-electron chi connectivity index (χ0n) is 10.7. The summed E-state index contributed by atoms with van der Waals surface area (Å²) in [6.07, 6.45) is 0. The average Bonchev–Trinajstić information content (AvgIpc) is 2.41. The van der Waals surface area contributed by atoms with Gasteiger partial charge in [-0.15, -0.1) is 0 Å². The van der Waals surface area contributed by atoms with E-state index in [0.29, 0.717) is 0 Å². The highest BCUT2D eigenvalue weighted by Crippen LogP contribution is 2.20. The van der Waals surface area contributed by atoms with Gasteiger partial charge in [0.1, 0.15) is 6.04 Å². The zero-order valence-corrected chi connectivity index (χ0v) is 11.6. The Morgan fingerprint density at radius 2 is 2.15 bits per heavy atom. The molecule has 1 aliphatic rings. The van der Waals surface area contributed by atoms with Crippen molar-refractivity contribution in [1.82, 2.24) is 9.62 Å². The summed E-state index contributed by atoms with van der Waals surface area (Å²) in [7, 11) is -3.89. The number of piperazine rings is 1. The van der Waals surface area contributed by atoms with Gasteiger partial charge in [0, 0.05) is 13.1 Å². The summed E-state index contributed by atoms with van der Waals surface area (Å²) in [6, 6.07) is 4.28. The molecule has 1 aromatic carbocycles. The number of carboxylic acids is 1. The van der Waals surface area contributed by atoms with Crippen LogP contribution in [-0.2, 0) is 14.8 Å². The van der Waals surface area contributed by atoms with Crippen molar-refractivity contribution in [3.8, 4) is 0 Å². The highest BCUT2D eigenvalue weighted by molar-refractivity contribution is 7.89. The van der Waals surface area contributed by atoms with E-state index in [9.17, 15) is 18.0 Å². The van der Waals surface area contributed by atoms with Crippen molar-refractivity contribution in [3.63, 3.8) is 0 Å². The van der Waals surface area contributed by atoms with E-state index >= 15 is 0 Å². The second kappa shape index (κ2) is 5.22. The SMILES string of the molecule is CC1C(=O)NCCN1S(=O)(=O)c1cccc(C(=O)O)c1. The van der Waals surface area contributed by atoms with Crippen molar-refractivity contribution in [2.45, 2.75) is 17.9 Å². The first-order valence-corrected chi connectivity index (χ1v) is 7.41. The van der Waals surface area contributed by atoms with E-state index in [0.717, 1.165) is 10.4 Å². The van der Waals surface area contributed by atoms with Crippen molar-refractivity contribution in [1.29, 1.82) is 0 Å². The Hall–Kier alpha value is -1.93. The zero-order chi connectivity index (χ0) is 14.9. The molecule has 7 nitrogen and oxygen atoms in total. The molecule has 1 heterocycles. The van der Waals surface area contributed by atoms with Crippen LogP contribution in [0.15, 0.2) is 29.2 Å². The van der Waals surface area contributed by atoms with Crippen LogP contribution in [0.5, 0.6) is 0 Å². The maximum absolute atomic E-state index is 12.5. The van der Waals surface area contributed by atoms with Crippen LogP contribution in [0.4, 0.5) is 0 Å². The van der Waals surface area contributed by atoms with Crippen LogP contribution in [0.3, 0.4) is 0 Å². The van der Waals surface area contributed by atoms with Crippen LogP contribution >= 0.6 is 0 Å². The van der Waals surface area contributed by atoms with Crippen molar-refractivity contribution in [2.24, 2.45) is 0 Å². The molecule has 0 radical (unpaired) electrons. The maximum atomic E-state index is 12.5. The second-order valence-electron chi connectivity index (χ2n) is 4.42. The summed E-state index contributed by atoms with van der Waals surface area (Å²) in [6.45, 7) is 1.89. The Bertz CT molecular complexity index is 656. The van der Waals surface area contributed by atoms with Gasteiger partial charge in [0.2, 0.25) is 15.9 Å². The number of carbonyl (C=O) groups is 2. The molecule has 0 saturated carbocycles. The number of amides is 1. The maximum Gasteiger partial charge on any atom is 0.335 e. The third kappa shape index (κ3) is 2.52. The molecule has 1 aliphatic heterocycles.